The monoisotopic (exact) mass is 384 g/mol. The SMILES string of the molecule is CCC12CCC1(CC)[n+]1c3ccccc3n3c(C(C)(C)C)nc4cccc2c4c31. The Morgan fingerprint density at radius 3 is 2.45 bits per heavy atom. The lowest BCUT2D eigenvalue weighted by Gasteiger charge is -2.59. The molecule has 0 amide bonds. The molecule has 2 unspecified atom stereocenters. The second kappa shape index (κ2) is 5.19. The number of aromatic nitrogens is 3. The highest BCUT2D eigenvalue weighted by Crippen LogP contribution is 2.61. The van der Waals surface area contributed by atoms with E-state index >= 15 is 0 Å². The Bertz CT molecular complexity index is 1320. The first-order valence-electron chi connectivity index (χ1n) is 11.2. The zero-order chi connectivity index (χ0) is 20.2. The number of hydrogen-bond donors (Lipinski definition) is 0. The first kappa shape index (κ1) is 17.4. The summed E-state index contributed by atoms with van der Waals surface area (Å²) in [5.41, 5.74) is 7.05. The molecule has 2 aliphatic rings. The van der Waals surface area contributed by atoms with E-state index in [1.807, 2.05) is 0 Å². The summed E-state index contributed by atoms with van der Waals surface area (Å²) in [6.45, 7) is 11.6. The molecule has 1 saturated carbocycles. The number of rotatable bonds is 2. The molecule has 1 aliphatic carbocycles. The van der Waals surface area contributed by atoms with Crippen molar-refractivity contribution in [2.24, 2.45) is 0 Å². The van der Waals surface area contributed by atoms with Crippen LogP contribution < -0.4 is 4.57 Å². The van der Waals surface area contributed by atoms with Crippen LogP contribution in [0.3, 0.4) is 0 Å². The molecule has 0 bridgehead atoms. The Kier molecular flexibility index (Phi) is 3.12. The van der Waals surface area contributed by atoms with Gasteiger partial charge in [0.25, 0.3) is 5.65 Å². The van der Waals surface area contributed by atoms with Crippen LogP contribution >= 0.6 is 0 Å². The number of benzene rings is 2. The molecule has 1 fully saturated rings. The van der Waals surface area contributed by atoms with E-state index in [0.29, 0.717) is 0 Å². The van der Waals surface area contributed by atoms with E-state index in [1.165, 1.54) is 46.9 Å². The Labute approximate surface area is 172 Å². The van der Waals surface area contributed by atoms with Gasteiger partial charge in [-0.05, 0) is 49.4 Å². The number of para-hydroxylation sites is 2. The van der Waals surface area contributed by atoms with Gasteiger partial charge < -0.3 is 0 Å². The van der Waals surface area contributed by atoms with Crippen LogP contribution in [0.25, 0.3) is 27.6 Å². The van der Waals surface area contributed by atoms with Crippen LogP contribution in [0.2, 0.25) is 0 Å². The Hall–Kier alpha value is -2.42. The van der Waals surface area contributed by atoms with Gasteiger partial charge in [-0.3, -0.25) is 0 Å². The molecule has 0 saturated heterocycles. The molecule has 0 N–H and O–H groups in total. The van der Waals surface area contributed by atoms with Gasteiger partial charge in [0.05, 0.1) is 10.9 Å². The maximum Gasteiger partial charge on any atom is 0.299 e. The Morgan fingerprint density at radius 2 is 1.79 bits per heavy atom. The Balaban J connectivity index is 1.99. The molecule has 4 aromatic rings. The molecular weight excluding hydrogens is 354 g/mol. The largest absolute Gasteiger partial charge is 0.299 e. The van der Waals surface area contributed by atoms with Crippen molar-refractivity contribution in [2.75, 3.05) is 0 Å². The van der Waals surface area contributed by atoms with E-state index in [1.54, 1.807) is 0 Å². The van der Waals surface area contributed by atoms with Crippen LogP contribution in [-0.4, -0.2) is 9.38 Å². The van der Waals surface area contributed by atoms with Gasteiger partial charge in [0.2, 0.25) is 5.82 Å². The molecule has 1 aliphatic heterocycles. The van der Waals surface area contributed by atoms with Crippen molar-refractivity contribution in [3.05, 3.63) is 53.9 Å². The van der Waals surface area contributed by atoms with E-state index < -0.39 is 0 Å². The highest BCUT2D eigenvalue weighted by molar-refractivity contribution is 5.98. The van der Waals surface area contributed by atoms with E-state index in [9.17, 15) is 0 Å². The maximum atomic E-state index is 5.28. The fraction of sp³-hybridized carbons (Fsp3) is 0.462. The van der Waals surface area contributed by atoms with Crippen LogP contribution in [-0.2, 0) is 16.4 Å². The van der Waals surface area contributed by atoms with Gasteiger partial charge in [0.15, 0.2) is 11.0 Å². The molecule has 2 aromatic heterocycles. The fourth-order valence-corrected chi connectivity index (χ4v) is 6.77. The van der Waals surface area contributed by atoms with Gasteiger partial charge in [0.1, 0.15) is 5.54 Å². The second-order valence-electron chi connectivity index (χ2n) is 10.2. The first-order valence-corrected chi connectivity index (χ1v) is 11.2. The molecule has 3 nitrogen and oxygen atoms in total. The number of nitrogens with zero attached hydrogens (tertiary/aromatic N) is 3. The predicted octanol–water partition coefficient (Wildman–Crippen LogP) is 5.79. The lowest BCUT2D eigenvalue weighted by atomic mass is 9.48. The van der Waals surface area contributed by atoms with Gasteiger partial charge in [0, 0.05) is 10.8 Å². The van der Waals surface area contributed by atoms with Crippen LogP contribution in [0.1, 0.15) is 71.7 Å². The van der Waals surface area contributed by atoms with Gasteiger partial charge in [-0.15, -0.1) is 0 Å². The van der Waals surface area contributed by atoms with Crippen molar-refractivity contribution in [3.8, 4) is 0 Å². The summed E-state index contributed by atoms with van der Waals surface area (Å²) in [5, 5.41) is 1.38. The zero-order valence-corrected chi connectivity index (χ0v) is 18.2. The number of hydrogen-bond acceptors (Lipinski definition) is 1. The standard InChI is InChI=1S/C26H30N3/c1-6-25-15-16-26(25,7-2)29-20-14-9-8-13-19(20)28-22(29)21-17(25)11-10-12-18(21)27-23(28)24(3,4)5/h8-14H,6-7,15-16H2,1-5H3/q+1. The van der Waals surface area contributed by atoms with Crippen LogP contribution in [0, 0.1) is 0 Å². The molecule has 2 aromatic carbocycles. The highest BCUT2D eigenvalue weighted by atomic mass is 15.2. The number of imidazole rings is 1. The third-order valence-electron chi connectivity index (χ3n) is 8.15. The van der Waals surface area contributed by atoms with Crippen molar-refractivity contribution in [1.82, 2.24) is 9.38 Å². The third kappa shape index (κ3) is 1.73. The smallest absolute Gasteiger partial charge is 0.216 e. The minimum absolute atomic E-state index is 0.0396. The lowest BCUT2D eigenvalue weighted by Crippen LogP contribution is -2.74. The zero-order valence-electron chi connectivity index (χ0n) is 18.2. The van der Waals surface area contributed by atoms with Gasteiger partial charge in [-0.2, -0.15) is 4.40 Å². The van der Waals surface area contributed by atoms with Crippen molar-refractivity contribution in [2.45, 2.75) is 76.7 Å². The quantitative estimate of drug-likeness (QED) is 0.401. The summed E-state index contributed by atoms with van der Waals surface area (Å²) in [6, 6.07) is 15.8. The van der Waals surface area contributed by atoms with Crippen molar-refractivity contribution < 1.29 is 4.57 Å². The molecule has 3 heterocycles. The summed E-state index contributed by atoms with van der Waals surface area (Å²) >= 11 is 0. The molecule has 0 radical (unpaired) electrons. The summed E-state index contributed by atoms with van der Waals surface area (Å²) in [7, 11) is 0. The lowest BCUT2D eigenvalue weighted by molar-refractivity contribution is -0.748. The topological polar surface area (TPSA) is 21.2 Å². The van der Waals surface area contributed by atoms with E-state index in [4.69, 9.17) is 4.98 Å². The molecule has 29 heavy (non-hydrogen) atoms. The molecule has 148 valence electrons. The average Bonchev–Trinajstić information content (AvgIpc) is 3.03. The normalized spacial score (nSPS) is 25.7. The van der Waals surface area contributed by atoms with E-state index in [0.717, 1.165) is 17.8 Å². The minimum Gasteiger partial charge on any atom is -0.216 e. The molecule has 0 spiro atoms. The Morgan fingerprint density at radius 1 is 1.00 bits per heavy atom. The average molecular weight is 385 g/mol. The van der Waals surface area contributed by atoms with E-state index in [2.05, 4.69) is 86.1 Å². The van der Waals surface area contributed by atoms with Crippen molar-refractivity contribution in [1.29, 1.82) is 0 Å². The van der Waals surface area contributed by atoms with Gasteiger partial charge in [-0.1, -0.05) is 58.9 Å². The molecule has 6 rings (SSSR count). The molecule has 2 atom stereocenters. The molecular formula is C26H30N3+. The summed E-state index contributed by atoms with van der Waals surface area (Å²) in [6.07, 6.45) is 4.88. The van der Waals surface area contributed by atoms with Crippen LogP contribution in [0.15, 0.2) is 42.5 Å². The second-order valence-corrected chi connectivity index (χ2v) is 10.2. The van der Waals surface area contributed by atoms with E-state index in [-0.39, 0.29) is 16.4 Å². The minimum atomic E-state index is -0.0396. The summed E-state index contributed by atoms with van der Waals surface area (Å²) in [4.78, 5) is 5.28. The van der Waals surface area contributed by atoms with Crippen molar-refractivity contribution in [3.63, 3.8) is 0 Å². The van der Waals surface area contributed by atoms with Crippen LogP contribution in [0.4, 0.5) is 0 Å². The third-order valence-corrected chi connectivity index (χ3v) is 8.15. The molecule has 3 heteroatoms. The first-order chi connectivity index (χ1) is 13.9. The highest BCUT2D eigenvalue weighted by Gasteiger charge is 2.66. The summed E-state index contributed by atoms with van der Waals surface area (Å²) in [5.74, 6) is 1.15. The number of fused-ring (bicyclic) bond motifs is 6. The summed E-state index contributed by atoms with van der Waals surface area (Å²) < 4.78 is 5.22. The van der Waals surface area contributed by atoms with Gasteiger partial charge in [-0.25, -0.2) is 9.55 Å². The van der Waals surface area contributed by atoms with Crippen LogP contribution in [0.5, 0.6) is 0 Å². The predicted molar refractivity (Wildman–Crippen MR) is 119 cm³/mol. The fourth-order valence-electron chi connectivity index (χ4n) is 6.77. The van der Waals surface area contributed by atoms with Crippen molar-refractivity contribution >= 4 is 27.6 Å². The van der Waals surface area contributed by atoms with Gasteiger partial charge >= 0.3 is 0 Å². The maximum absolute atomic E-state index is 5.28.